The molecule has 3 aromatic rings. The number of nitrogens with zero attached hydrogens (tertiary/aromatic N) is 3. The van der Waals surface area contributed by atoms with Gasteiger partial charge < -0.3 is 5.32 Å². The number of aryl methyl sites for hydroxylation is 1. The average Bonchev–Trinajstić information content (AvgIpc) is 3.14. The third-order valence-corrected chi connectivity index (χ3v) is 7.38. The number of rotatable bonds is 4. The smallest absolute Gasteiger partial charge is 0.291 e. The van der Waals surface area contributed by atoms with Gasteiger partial charge in [0.05, 0.1) is 26.7 Å². The van der Waals surface area contributed by atoms with Crippen LogP contribution in [0.5, 0.6) is 0 Å². The molecule has 0 radical (unpaired) electrons. The van der Waals surface area contributed by atoms with Crippen LogP contribution in [0.4, 0.5) is 0 Å². The highest BCUT2D eigenvalue weighted by Gasteiger charge is 2.32. The van der Waals surface area contributed by atoms with Crippen molar-refractivity contribution < 1.29 is 13.2 Å². The Hall–Kier alpha value is -2.42. The molecule has 30 heavy (non-hydrogen) atoms. The van der Waals surface area contributed by atoms with Gasteiger partial charge in [0, 0.05) is 6.42 Å². The summed E-state index contributed by atoms with van der Waals surface area (Å²) >= 11 is 12.6. The fourth-order valence-corrected chi connectivity index (χ4v) is 5.68. The van der Waals surface area contributed by atoms with E-state index in [9.17, 15) is 13.2 Å². The maximum atomic E-state index is 12.9. The van der Waals surface area contributed by atoms with Crippen LogP contribution in [-0.2, 0) is 16.3 Å². The summed E-state index contributed by atoms with van der Waals surface area (Å²) in [4.78, 5) is 17.5. The molecule has 0 bridgehead atoms. The molecule has 2 aromatic carbocycles. The monoisotopic (exact) mass is 464 g/mol. The van der Waals surface area contributed by atoms with Gasteiger partial charge in [-0.2, -0.15) is 0 Å². The van der Waals surface area contributed by atoms with E-state index < -0.39 is 21.8 Å². The molecule has 0 aliphatic carbocycles. The van der Waals surface area contributed by atoms with Crippen molar-refractivity contribution in [1.29, 1.82) is 0 Å². The van der Waals surface area contributed by atoms with E-state index in [2.05, 4.69) is 15.4 Å². The van der Waals surface area contributed by atoms with Gasteiger partial charge in [-0.05, 0) is 30.2 Å². The maximum absolute atomic E-state index is 12.9. The van der Waals surface area contributed by atoms with Crippen LogP contribution in [0, 0.1) is 0 Å². The summed E-state index contributed by atoms with van der Waals surface area (Å²) in [5, 5.41) is 7.97. The molecule has 0 fully saturated rings. The van der Waals surface area contributed by atoms with Crippen molar-refractivity contribution in [3.8, 4) is 5.69 Å². The lowest BCUT2D eigenvalue weighted by Crippen LogP contribution is -2.34. The first-order valence-corrected chi connectivity index (χ1v) is 11.8. The molecule has 156 valence electrons. The highest BCUT2D eigenvalue weighted by Crippen LogP contribution is 2.32. The highest BCUT2D eigenvalue weighted by molar-refractivity contribution is 7.91. The van der Waals surface area contributed by atoms with Crippen molar-refractivity contribution in [3.05, 3.63) is 69.7 Å². The number of fused-ring (bicyclic) bond motifs is 1. The maximum Gasteiger partial charge on any atom is 0.291 e. The van der Waals surface area contributed by atoms with Gasteiger partial charge in [0.2, 0.25) is 5.82 Å². The summed E-state index contributed by atoms with van der Waals surface area (Å²) in [6, 6.07) is 11.3. The Kier molecular flexibility index (Phi) is 5.57. The second kappa shape index (κ2) is 8.02. The summed E-state index contributed by atoms with van der Waals surface area (Å²) in [5.74, 6) is -0.0343. The number of para-hydroxylation sites is 1. The summed E-state index contributed by atoms with van der Waals surface area (Å²) < 4.78 is 26.1. The third-order valence-electron chi connectivity index (χ3n) is 4.95. The first-order valence-electron chi connectivity index (χ1n) is 9.34. The fraction of sp³-hybridized carbons (Fsp3) is 0.250. The quantitative estimate of drug-likeness (QED) is 0.633. The Balaban J connectivity index is 1.67. The Morgan fingerprint density at radius 3 is 2.57 bits per heavy atom. The number of hydrogen-bond acceptors (Lipinski definition) is 5. The Morgan fingerprint density at radius 1 is 1.17 bits per heavy atom. The molecule has 0 saturated carbocycles. The van der Waals surface area contributed by atoms with E-state index in [1.54, 1.807) is 42.5 Å². The average molecular weight is 465 g/mol. The largest absolute Gasteiger partial charge is 0.342 e. The van der Waals surface area contributed by atoms with E-state index in [4.69, 9.17) is 23.2 Å². The van der Waals surface area contributed by atoms with Crippen LogP contribution in [0.1, 0.15) is 41.4 Å². The second-order valence-corrected chi connectivity index (χ2v) is 9.75. The molecule has 1 atom stereocenters. The number of carbonyl (C=O) groups excluding carboxylic acids is 1. The standard InChI is InChI=1S/C20H18Cl2N4O3S/c1-2-17-24-19(25-26(17)18-13(21)7-5-8-14(18)22)20(27)23-15-10-11-30(28,29)16-9-4-3-6-12(15)16/h3-9,15H,2,10-11H2,1H3,(H,23,27). The molecule has 1 aromatic heterocycles. The molecular formula is C20H18Cl2N4O3S. The van der Waals surface area contributed by atoms with E-state index in [0.717, 1.165) is 0 Å². The van der Waals surface area contributed by atoms with Crippen LogP contribution in [0.25, 0.3) is 5.69 Å². The third kappa shape index (κ3) is 3.71. The number of amides is 1. The van der Waals surface area contributed by atoms with E-state index in [1.807, 2.05) is 6.92 Å². The lowest BCUT2D eigenvalue weighted by Gasteiger charge is -2.25. The SMILES string of the molecule is CCc1nc(C(=O)NC2CCS(=O)(=O)c3ccccc32)nn1-c1c(Cl)cccc1Cl. The van der Waals surface area contributed by atoms with Crippen molar-refractivity contribution in [1.82, 2.24) is 20.1 Å². The number of halogens is 2. The van der Waals surface area contributed by atoms with Crippen LogP contribution < -0.4 is 5.32 Å². The molecule has 2 heterocycles. The predicted molar refractivity (Wildman–Crippen MR) is 114 cm³/mol. The van der Waals surface area contributed by atoms with Crippen molar-refractivity contribution in [2.45, 2.75) is 30.7 Å². The number of benzene rings is 2. The van der Waals surface area contributed by atoms with E-state index >= 15 is 0 Å². The van der Waals surface area contributed by atoms with E-state index in [0.29, 0.717) is 33.5 Å². The minimum atomic E-state index is -3.34. The van der Waals surface area contributed by atoms with Gasteiger partial charge in [-0.3, -0.25) is 4.79 Å². The van der Waals surface area contributed by atoms with Crippen LogP contribution in [0.3, 0.4) is 0 Å². The number of nitrogens with one attached hydrogen (secondary N) is 1. The van der Waals surface area contributed by atoms with Crippen LogP contribution in [0.15, 0.2) is 47.4 Å². The van der Waals surface area contributed by atoms with Crippen molar-refractivity contribution in [2.75, 3.05) is 5.75 Å². The summed E-state index contributed by atoms with van der Waals surface area (Å²) in [6.07, 6.45) is 0.787. The van der Waals surface area contributed by atoms with E-state index in [-0.39, 0.29) is 22.9 Å². The normalized spacial score (nSPS) is 17.4. The minimum Gasteiger partial charge on any atom is -0.342 e. The zero-order valence-corrected chi connectivity index (χ0v) is 18.3. The second-order valence-electron chi connectivity index (χ2n) is 6.86. The highest BCUT2D eigenvalue weighted by atomic mass is 35.5. The van der Waals surface area contributed by atoms with Gasteiger partial charge in [0.25, 0.3) is 5.91 Å². The van der Waals surface area contributed by atoms with E-state index in [1.165, 1.54) is 4.68 Å². The van der Waals surface area contributed by atoms with Gasteiger partial charge in [-0.15, -0.1) is 5.10 Å². The van der Waals surface area contributed by atoms with Crippen LogP contribution in [0.2, 0.25) is 10.0 Å². The van der Waals surface area contributed by atoms with Gasteiger partial charge in [0.15, 0.2) is 9.84 Å². The van der Waals surface area contributed by atoms with Crippen molar-refractivity contribution >= 4 is 38.9 Å². The summed E-state index contributed by atoms with van der Waals surface area (Å²) in [6.45, 7) is 1.88. The molecule has 0 spiro atoms. The zero-order chi connectivity index (χ0) is 21.5. The molecular weight excluding hydrogens is 447 g/mol. The summed E-state index contributed by atoms with van der Waals surface area (Å²) in [7, 11) is -3.34. The van der Waals surface area contributed by atoms with Crippen LogP contribution in [-0.4, -0.2) is 34.8 Å². The van der Waals surface area contributed by atoms with Gasteiger partial charge in [-0.25, -0.2) is 18.1 Å². The molecule has 10 heteroatoms. The molecule has 4 rings (SSSR count). The molecule has 1 amide bonds. The molecule has 1 aliphatic heterocycles. The molecule has 7 nitrogen and oxygen atoms in total. The number of sulfone groups is 1. The number of carbonyl (C=O) groups is 1. The topological polar surface area (TPSA) is 93.9 Å². The molecule has 1 aliphatic rings. The lowest BCUT2D eigenvalue weighted by atomic mass is 10.0. The minimum absolute atomic E-state index is 0.0336. The molecule has 0 saturated heterocycles. The van der Waals surface area contributed by atoms with Crippen molar-refractivity contribution in [3.63, 3.8) is 0 Å². The Labute approximate surface area is 183 Å². The number of aromatic nitrogens is 3. The zero-order valence-electron chi connectivity index (χ0n) is 16.0. The first-order chi connectivity index (χ1) is 14.3. The van der Waals surface area contributed by atoms with Crippen molar-refractivity contribution in [2.24, 2.45) is 0 Å². The Bertz CT molecular complexity index is 1220. The molecule has 1 unspecified atom stereocenters. The molecule has 1 N–H and O–H groups in total. The Morgan fingerprint density at radius 2 is 1.87 bits per heavy atom. The predicted octanol–water partition coefficient (Wildman–Crippen LogP) is 3.79. The summed E-state index contributed by atoms with van der Waals surface area (Å²) in [5.41, 5.74) is 1.03. The fourth-order valence-electron chi connectivity index (χ4n) is 3.50. The van der Waals surface area contributed by atoms with Crippen LogP contribution >= 0.6 is 23.2 Å². The van der Waals surface area contributed by atoms with Gasteiger partial charge in [0.1, 0.15) is 11.5 Å². The van der Waals surface area contributed by atoms with Gasteiger partial charge in [-0.1, -0.05) is 54.4 Å². The lowest BCUT2D eigenvalue weighted by molar-refractivity contribution is 0.0924. The first kappa shape index (κ1) is 20.8. The number of hydrogen-bond donors (Lipinski definition) is 1. The van der Waals surface area contributed by atoms with Gasteiger partial charge >= 0.3 is 0 Å².